The summed E-state index contributed by atoms with van der Waals surface area (Å²) in [5, 5.41) is 3.40. The summed E-state index contributed by atoms with van der Waals surface area (Å²) in [6, 6.07) is 0.706. The van der Waals surface area contributed by atoms with Gasteiger partial charge in [-0.15, -0.1) is 0 Å². The van der Waals surface area contributed by atoms with Gasteiger partial charge in [-0.25, -0.2) is 0 Å². The fourth-order valence-electron chi connectivity index (χ4n) is 2.50. The molecular formula is C11H21N3OS. The molecular weight excluding hydrogens is 222 g/mol. The van der Waals surface area contributed by atoms with Crippen LogP contribution in [0.1, 0.15) is 6.42 Å². The average Bonchev–Trinajstić information content (AvgIpc) is 2.83. The van der Waals surface area contributed by atoms with Gasteiger partial charge in [-0.1, -0.05) is 0 Å². The van der Waals surface area contributed by atoms with E-state index in [0.29, 0.717) is 17.7 Å². The molecule has 1 amide bonds. The number of rotatable bonds is 3. The molecule has 1 unspecified atom stereocenters. The molecule has 2 rings (SSSR count). The van der Waals surface area contributed by atoms with Crippen LogP contribution >= 0.6 is 11.8 Å². The topological polar surface area (TPSA) is 35.6 Å². The molecule has 5 heteroatoms. The Morgan fingerprint density at radius 1 is 1.38 bits per heavy atom. The van der Waals surface area contributed by atoms with Crippen LogP contribution in [0.3, 0.4) is 0 Å². The minimum absolute atomic E-state index is 0.302. The Hall–Kier alpha value is -0.260. The number of amides is 1. The lowest BCUT2D eigenvalue weighted by atomic mass is 10.2. The third-order valence-electron chi connectivity index (χ3n) is 3.49. The minimum atomic E-state index is 0.302. The Morgan fingerprint density at radius 3 is 2.69 bits per heavy atom. The molecule has 0 bridgehead atoms. The van der Waals surface area contributed by atoms with Crippen LogP contribution in [0.25, 0.3) is 0 Å². The lowest BCUT2D eigenvalue weighted by Crippen LogP contribution is -2.52. The van der Waals surface area contributed by atoms with E-state index in [0.717, 1.165) is 39.3 Å². The third-order valence-corrected chi connectivity index (χ3v) is 4.02. The molecule has 4 nitrogen and oxygen atoms in total. The fourth-order valence-corrected chi connectivity index (χ4v) is 2.93. The average molecular weight is 243 g/mol. The van der Waals surface area contributed by atoms with Gasteiger partial charge in [-0.05, 0) is 19.2 Å². The quantitative estimate of drug-likeness (QED) is 0.748. The van der Waals surface area contributed by atoms with E-state index in [9.17, 15) is 4.79 Å². The monoisotopic (exact) mass is 243 g/mol. The molecule has 0 saturated carbocycles. The number of piperazine rings is 1. The second-order valence-electron chi connectivity index (χ2n) is 4.50. The minimum Gasteiger partial charge on any atom is -0.339 e. The first-order valence-electron chi connectivity index (χ1n) is 6.02. The third kappa shape index (κ3) is 2.90. The highest BCUT2D eigenvalue weighted by Gasteiger charge is 2.27. The van der Waals surface area contributed by atoms with Crippen LogP contribution in [0.2, 0.25) is 0 Å². The summed E-state index contributed by atoms with van der Waals surface area (Å²) in [7, 11) is 0. The van der Waals surface area contributed by atoms with Crippen LogP contribution in [0.5, 0.6) is 0 Å². The molecule has 1 atom stereocenters. The van der Waals surface area contributed by atoms with Gasteiger partial charge in [-0.3, -0.25) is 9.69 Å². The summed E-state index contributed by atoms with van der Waals surface area (Å²) in [5.74, 6) is 0.932. The fraction of sp³-hybridized carbons (Fsp3) is 0.909. The van der Waals surface area contributed by atoms with Gasteiger partial charge >= 0.3 is 0 Å². The SMILES string of the molecule is CSCC(=O)N1CCN(C2CCNC2)CC1. The molecule has 0 aromatic heterocycles. The normalized spacial score (nSPS) is 27.3. The first-order chi connectivity index (χ1) is 7.81. The molecule has 2 heterocycles. The summed E-state index contributed by atoms with van der Waals surface area (Å²) in [4.78, 5) is 16.2. The molecule has 92 valence electrons. The van der Waals surface area contributed by atoms with Crippen molar-refractivity contribution in [1.82, 2.24) is 15.1 Å². The molecule has 0 radical (unpaired) electrons. The van der Waals surface area contributed by atoms with Crippen LogP contribution in [0.15, 0.2) is 0 Å². The van der Waals surface area contributed by atoms with E-state index < -0.39 is 0 Å². The van der Waals surface area contributed by atoms with Gasteiger partial charge < -0.3 is 10.2 Å². The second-order valence-corrected chi connectivity index (χ2v) is 5.36. The lowest BCUT2D eigenvalue weighted by Gasteiger charge is -2.37. The van der Waals surface area contributed by atoms with Crippen molar-refractivity contribution in [2.45, 2.75) is 12.5 Å². The summed E-state index contributed by atoms with van der Waals surface area (Å²) in [5.41, 5.74) is 0. The van der Waals surface area contributed by atoms with Crippen LogP contribution in [0.4, 0.5) is 0 Å². The van der Waals surface area contributed by atoms with Gasteiger partial charge in [0.15, 0.2) is 0 Å². The van der Waals surface area contributed by atoms with Gasteiger partial charge in [0.05, 0.1) is 5.75 Å². The van der Waals surface area contributed by atoms with Crippen LogP contribution in [0, 0.1) is 0 Å². The first kappa shape index (κ1) is 12.2. The molecule has 2 aliphatic rings. The van der Waals surface area contributed by atoms with Crippen LogP contribution < -0.4 is 5.32 Å². The summed E-state index contributed by atoms with van der Waals surface area (Å²) in [6.07, 6.45) is 3.25. The Morgan fingerprint density at radius 2 is 2.12 bits per heavy atom. The standard InChI is InChI=1S/C11H21N3OS/c1-16-9-11(15)14-6-4-13(5-7-14)10-2-3-12-8-10/h10,12H,2-9H2,1H3. The van der Waals surface area contributed by atoms with Crippen molar-refractivity contribution in [2.24, 2.45) is 0 Å². The van der Waals surface area contributed by atoms with E-state index in [-0.39, 0.29) is 0 Å². The molecule has 0 spiro atoms. The van der Waals surface area contributed by atoms with Crippen molar-refractivity contribution < 1.29 is 4.79 Å². The van der Waals surface area contributed by atoms with E-state index in [1.165, 1.54) is 6.42 Å². The second kappa shape index (κ2) is 5.89. The van der Waals surface area contributed by atoms with Gasteiger partial charge in [-0.2, -0.15) is 11.8 Å². The molecule has 1 N–H and O–H groups in total. The van der Waals surface area contributed by atoms with Crippen molar-refractivity contribution in [3.05, 3.63) is 0 Å². The molecule has 0 aromatic carbocycles. The predicted octanol–water partition coefficient (Wildman–Crippen LogP) is -0.144. The van der Waals surface area contributed by atoms with Gasteiger partial charge in [0.2, 0.25) is 5.91 Å². The number of hydrogen-bond donors (Lipinski definition) is 1. The zero-order valence-corrected chi connectivity index (χ0v) is 10.8. The number of hydrogen-bond acceptors (Lipinski definition) is 4. The maximum absolute atomic E-state index is 11.7. The molecule has 0 aliphatic carbocycles. The number of nitrogens with zero attached hydrogens (tertiary/aromatic N) is 2. The van der Waals surface area contributed by atoms with Crippen molar-refractivity contribution in [3.63, 3.8) is 0 Å². The number of thioether (sulfide) groups is 1. The van der Waals surface area contributed by atoms with Crippen LogP contribution in [-0.2, 0) is 4.79 Å². The first-order valence-corrected chi connectivity index (χ1v) is 7.42. The molecule has 2 saturated heterocycles. The predicted molar refractivity (Wildman–Crippen MR) is 67.8 cm³/mol. The van der Waals surface area contributed by atoms with Crippen molar-refractivity contribution >= 4 is 17.7 Å². The van der Waals surface area contributed by atoms with Crippen LogP contribution in [-0.4, -0.2) is 73.0 Å². The highest BCUT2D eigenvalue weighted by Crippen LogP contribution is 2.12. The Labute approximate surface area is 102 Å². The summed E-state index contributed by atoms with van der Waals surface area (Å²) < 4.78 is 0. The molecule has 16 heavy (non-hydrogen) atoms. The van der Waals surface area contributed by atoms with E-state index in [1.807, 2.05) is 11.2 Å². The van der Waals surface area contributed by atoms with Gasteiger partial charge in [0.1, 0.15) is 0 Å². The highest BCUT2D eigenvalue weighted by atomic mass is 32.2. The van der Waals surface area contributed by atoms with E-state index in [2.05, 4.69) is 10.2 Å². The number of nitrogens with one attached hydrogen (secondary N) is 1. The zero-order valence-electron chi connectivity index (χ0n) is 9.95. The van der Waals surface area contributed by atoms with E-state index in [4.69, 9.17) is 0 Å². The van der Waals surface area contributed by atoms with Gasteiger partial charge in [0, 0.05) is 38.8 Å². The maximum Gasteiger partial charge on any atom is 0.232 e. The largest absolute Gasteiger partial charge is 0.339 e. The number of carbonyl (C=O) groups excluding carboxylic acids is 1. The lowest BCUT2D eigenvalue weighted by molar-refractivity contribution is -0.130. The number of carbonyl (C=O) groups is 1. The Bertz CT molecular complexity index is 235. The summed E-state index contributed by atoms with van der Waals surface area (Å²) >= 11 is 1.61. The van der Waals surface area contributed by atoms with E-state index in [1.54, 1.807) is 11.8 Å². The zero-order chi connectivity index (χ0) is 11.4. The van der Waals surface area contributed by atoms with Crippen molar-refractivity contribution in [3.8, 4) is 0 Å². The molecule has 2 fully saturated rings. The highest BCUT2D eigenvalue weighted by molar-refractivity contribution is 7.99. The summed E-state index contributed by atoms with van der Waals surface area (Å²) in [6.45, 7) is 6.19. The van der Waals surface area contributed by atoms with E-state index >= 15 is 0 Å². The maximum atomic E-state index is 11.7. The molecule has 0 aromatic rings. The van der Waals surface area contributed by atoms with Crippen molar-refractivity contribution in [2.75, 3.05) is 51.3 Å². The Kier molecular flexibility index (Phi) is 4.49. The van der Waals surface area contributed by atoms with Crippen molar-refractivity contribution in [1.29, 1.82) is 0 Å². The van der Waals surface area contributed by atoms with Gasteiger partial charge in [0.25, 0.3) is 0 Å². The smallest absolute Gasteiger partial charge is 0.232 e. The Balaban J connectivity index is 1.75. The molecule has 2 aliphatic heterocycles.